The molecule has 0 bridgehead atoms. The summed E-state index contributed by atoms with van der Waals surface area (Å²) < 4.78 is 28.9. The Morgan fingerprint density at radius 1 is 1.35 bits per heavy atom. The minimum atomic E-state index is -3.02. The van der Waals surface area contributed by atoms with Crippen LogP contribution in [0.3, 0.4) is 0 Å². The number of carbonyl (C=O) groups excluding carboxylic acids is 1. The molecule has 1 aromatic carbocycles. The van der Waals surface area contributed by atoms with Crippen molar-refractivity contribution in [2.24, 2.45) is 5.92 Å². The van der Waals surface area contributed by atoms with E-state index in [1.165, 1.54) is 29.2 Å². The van der Waals surface area contributed by atoms with Crippen molar-refractivity contribution in [2.75, 3.05) is 13.1 Å². The lowest BCUT2D eigenvalue weighted by Crippen LogP contribution is -2.30. The Hall–Kier alpha value is -2.18. The Morgan fingerprint density at radius 3 is 2.65 bits per heavy atom. The summed E-state index contributed by atoms with van der Waals surface area (Å²) in [5.74, 6) is -2.27. The van der Waals surface area contributed by atoms with Crippen LogP contribution in [0.4, 0.5) is 8.78 Å². The second kappa shape index (κ2) is 5.85. The molecule has 1 aromatic rings. The van der Waals surface area contributed by atoms with Crippen molar-refractivity contribution in [3.05, 3.63) is 29.8 Å². The highest BCUT2D eigenvalue weighted by molar-refractivity contribution is 5.97. The molecule has 1 aliphatic rings. The highest BCUT2D eigenvalue weighted by Gasteiger charge is 2.32. The molecule has 20 heavy (non-hydrogen) atoms. The zero-order chi connectivity index (χ0) is 14.7. The van der Waals surface area contributed by atoms with Gasteiger partial charge in [-0.25, -0.2) is 0 Å². The molecule has 1 amide bonds. The van der Waals surface area contributed by atoms with Crippen molar-refractivity contribution in [3.8, 4) is 5.75 Å². The minimum absolute atomic E-state index is 0.0128. The highest BCUT2D eigenvalue weighted by Crippen LogP contribution is 2.25. The van der Waals surface area contributed by atoms with Gasteiger partial charge in [0, 0.05) is 13.1 Å². The topological polar surface area (TPSA) is 66.8 Å². The standard InChI is InChI=1S/C13H13F2NO4/c14-13(15)20-10-4-2-1-3-9(10)11(17)16-6-5-8(7-16)12(18)19/h1-4,8,13H,5-7H2,(H,18,19). The lowest BCUT2D eigenvalue weighted by Gasteiger charge is -2.18. The number of carboxylic acid groups (broad SMARTS) is 1. The quantitative estimate of drug-likeness (QED) is 0.916. The molecule has 1 aliphatic heterocycles. The van der Waals surface area contributed by atoms with Crippen LogP contribution in [0, 0.1) is 5.92 Å². The van der Waals surface area contributed by atoms with Crippen molar-refractivity contribution in [2.45, 2.75) is 13.0 Å². The van der Waals surface area contributed by atoms with Crippen molar-refractivity contribution in [1.82, 2.24) is 4.90 Å². The number of hydrogen-bond donors (Lipinski definition) is 1. The number of alkyl halides is 2. The van der Waals surface area contributed by atoms with Crippen molar-refractivity contribution in [3.63, 3.8) is 0 Å². The van der Waals surface area contributed by atoms with E-state index >= 15 is 0 Å². The average Bonchev–Trinajstić information content (AvgIpc) is 2.87. The van der Waals surface area contributed by atoms with Gasteiger partial charge in [0.25, 0.3) is 5.91 Å². The fourth-order valence-corrected chi connectivity index (χ4v) is 2.16. The predicted octanol–water partition coefficient (Wildman–Crippen LogP) is 1.83. The van der Waals surface area contributed by atoms with E-state index in [1.807, 2.05) is 0 Å². The van der Waals surface area contributed by atoms with Crippen LogP contribution < -0.4 is 4.74 Å². The summed E-state index contributed by atoms with van der Waals surface area (Å²) in [5, 5.41) is 8.90. The zero-order valence-corrected chi connectivity index (χ0v) is 10.5. The smallest absolute Gasteiger partial charge is 0.387 e. The van der Waals surface area contributed by atoms with Crippen molar-refractivity contribution < 1.29 is 28.2 Å². The maximum atomic E-state index is 12.3. The molecule has 1 saturated heterocycles. The number of halogens is 2. The maximum Gasteiger partial charge on any atom is 0.387 e. The van der Waals surface area contributed by atoms with Gasteiger partial charge in [0.15, 0.2) is 0 Å². The fraction of sp³-hybridized carbons (Fsp3) is 0.385. The Balaban J connectivity index is 2.16. The third-order valence-corrected chi connectivity index (χ3v) is 3.16. The van der Waals surface area contributed by atoms with Gasteiger partial charge in [-0.05, 0) is 18.6 Å². The molecular formula is C13H13F2NO4. The monoisotopic (exact) mass is 285 g/mol. The fourth-order valence-electron chi connectivity index (χ4n) is 2.16. The van der Waals surface area contributed by atoms with Crippen LogP contribution in [0.5, 0.6) is 5.75 Å². The van der Waals surface area contributed by atoms with E-state index in [4.69, 9.17) is 5.11 Å². The van der Waals surface area contributed by atoms with E-state index in [0.29, 0.717) is 13.0 Å². The number of rotatable bonds is 4. The van der Waals surface area contributed by atoms with Gasteiger partial charge in [-0.2, -0.15) is 8.78 Å². The lowest BCUT2D eigenvalue weighted by molar-refractivity contribution is -0.141. The van der Waals surface area contributed by atoms with E-state index in [1.54, 1.807) is 0 Å². The summed E-state index contributed by atoms with van der Waals surface area (Å²) in [5.41, 5.74) is 0.0128. The molecule has 0 radical (unpaired) electrons. The summed E-state index contributed by atoms with van der Waals surface area (Å²) in [7, 11) is 0. The Labute approximate surface area is 113 Å². The summed E-state index contributed by atoms with van der Waals surface area (Å²) in [6.07, 6.45) is 0.360. The van der Waals surface area contributed by atoms with Gasteiger partial charge in [-0.3, -0.25) is 9.59 Å². The third-order valence-electron chi connectivity index (χ3n) is 3.16. The van der Waals surface area contributed by atoms with Crippen molar-refractivity contribution in [1.29, 1.82) is 0 Å². The largest absolute Gasteiger partial charge is 0.481 e. The summed E-state index contributed by atoms with van der Waals surface area (Å²) in [6, 6.07) is 5.69. The van der Waals surface area contributed by atoms with Gasteiger partial charge in [0.1, 0.15) is 5.75 Å². The number of nitrogens with zero attached hydrogens (tertiary/aromatic N) is 1. The van der Waals surface area contributed by atoms with Gasteiger partial charge < -0.3 is 14.7 Å². The number of para-hydroxylation sites is 1. The van der Waals surface area contributed by atoms with Gasteiger partial charge in [0.2, 0.25) is 0 Å². The molecule has 1 heterocycles. The molecule has 1 unspecified atom stereocenters. The molecule has 1 N–H and O–H groups in total. The second-order valence-electron chi connectivity index (χ2n) is 4.45. The van der Waals surface area contributed by atoms with Crippen LogP contribution in [0.2, 0.25) is 0 Å². The number of likely N-dealkylation sites (tertiary alicyclic amines) is 1. The van der Waals surface area contributed by atoms with E-state index in [9.17, 15) is 18.4 Å². The molecule has 108 valence electrons. The zero-order valence-electron chi connectivity index (χ0n) is 10.5. The first kappa shape index (κ1) is 14.2. The van der Waals surface area contributed by atoms with Gasteiger partial charge in [-0.1, -0.05) is 12.1 Å². The van der Waals surface area contributed by atoms with Crippen LogP contribution in [0.1, 0.15) is 16.8 Å². The number of amides is 1. The van der Waals surface area contributed by atoms with Crippen molar-refractivity contribution >= 4 is 11.9 Å². The Morgan fingerprint density at radius 2 is 2.05 bits per heavy atom. The van der Waals surface area contributed by atoms with E-state index < -0.39 is 24.4 Å². The molecule has 0 spiro atoms. The van der Waals surface area contributed by atoms with Gasteiger partial charge in [-0.15, -0.1) is 0 Å². The van der Waals surface area contributed by atoms with Crippen LogP contribution in [0.25, 0.3) is 0 Å². The molecule has 0 aromatic heterocycles. The molecule has 5 nitrogen and oxygen atoms in total. The first-order valence-electron chi connectivity index (χ1n) is 6.05. The van der Waals surface area contributed by atoms with E-state index in [0.717, 1.165) is 0 Å². The van der Waals surface area contributed by atoms with Crippen LogP contribution in [-0.4, -0.2) is 41.6 Å². The van der Waals surface area contributed by atoms with Crippen LogP contribution in [0.15, 0.2) is 24.3 Å². The first-order valence-corrected chi connectivity index (χ1v) is 6.05. The summed E-state index contributed by atoms with van der Waals surface area (Å²) in [4.78, 5) is 24.4. The summed E-state index contributed by atoms with van der Waals surface area (Å²) >= 11 is 0. The number of benzene rings is 1. The maximum absolute atomic E-state index is 12.3. The number of carboxylic acids is 1. The number of carbonyl (C=O) groups is 2. The normalized spacial score (nSPS) is 18.4. The lowest BCUT2D eigenvalue weighted by atomic mass is 10.1. The van der Waals surface area contributed by atoms with Crippen LogP contribution >= 0.6 is 0 Å². The second-order valence-corrected chi connectivity index (χ2v) is 4.45. The number of aliphatic carboxylic acids is 1. The molecular weight excluding hydrogens is 272 g/mol. The summed E-state index contributed by atoms with van der Waals surface area (Å²) in [6.45, 7) is -2.65. The Kier molecular flexibility index (Phi) is 4.16. The Bertz CT molecular complexity index is 521. The number of ether oxygens (including phenoxy) is 1. The van der Waals surface area contributed by atoms with Gasteiger partial charge >= 0.3 is 12.6 Å². The molecule has 0 aliphatic carbocycles. The van der Waals surface area contributed by atoms with Crippen LogP contribution in [-0.2, 0) is 4.79 Å². The van der Waals surface area contributed by atoms with E-state index in [-0.39, 0.29) is 17.9 Å². The molecule has 2 rings (SSSR count). The van der Waals surface area contributed by atoms with E-state index in [2.05, 4.69) is 4.74 Å². The number of hydrogen-bond acceptors (Lipinski definition) is 3. The molecule has 0 saturated carbocycles. The predicted molar refractivity (Wildman–Crippen MR) is 64.7 cm³/mol. The first-order chi connectivity index (χ1) is 9.49. The molecule has 7 heteroatoms. The minimum Gasteiger partial charge on any atom is -0.481 e. The van der Waals surface area contributed by atoms with Gasteiger partial charge in [0.05, 0.1) is 11.5 Å². The SMILES string of the molecule is O=C(O)C1CCN(C(=O)c2ccccc2OC(F)F)C1. The third kappa shape index (κ3) is 3.04. The molecule has 1 atom stereocenters. The average molecular weight is 285 g/mol. The highest BCUT2D eigenvalue weighted by atomic mass is 19.3. The molecule has 1 fully saturated rings.